The number of pyridine rings is 1. The highest BCUT2D eigenvalue weighted by Gasteiger charge is 2.41. The molecule has 3 atom stereocenters. The molecule has 0 amide bonds. The van der Waals surface area contributed by atoms with Crippen molar-refractivity contribution in [1.82, 2.24) is 9.55 Å². The van der Waals surface area contributed by atoms with Gasteiger partial charge in [0.05, 0.1) is 22.3 Å². The van der Waals surface area contributed by atoms with Crippen LogP contribution < -0.4 is 26.5 Å². The summed E-state index contributed by atoms with van der Waals surface area (Å²) in [4.78, 5) is 12.3. The van der Waals surface area contributed by atoms with E-state index in [0.29, 0.717) is 0 Å². The molecule has 5 heterocycles. The molecule has 2 aromatic heterocycles. The van der Waals surface area contributed by atoms with Crippen LogP contribution in [0.15, 0.2) is 108 Å². The van der Waals surface area contributed by atoms with Crippen LogP contribution in [0.1, 0.15) is 23.8 Å². The zero-order valence-corrected chi connectivity index (χ0v) is 20.7. The van der Waals surface area contributed by atoms with Gasteiger partial charge in [0.2, 0.25) is 0 Å². The molecular formula is C32H26N6. The Morgan fingerprint density at radius 1 is 1.03 bits per heavy atom. The van der Waals surface area contributed by atoms with Gasteiger partial charge in [0, 0.05) is 23.0 Å². The maximum Gasteiger partial charge on any atom is 0.143 e. The smallest absolute Gasteiger partial charge is 0.143 e. The molecule has 1 aliphatic carbocycles. The highest BCUT2D eigenvalue weighted by atomic mass is 15.4. The third-order valence-corrected chi connectivity index (χ3v) is 7.85. The topological polar surface area (TPSA) is 71.5 Å². The van der Waals surface area contributed by atoms with Gasteiger partial charge < -0.3 is 20.5 Å². The van der Waals surface area contributed by atoms with Crippen molar-refractivity contribution in [1.29, 1.82) is 0 Å². The number of allylic oxidation sites excluding steroid dienone is 5. The number of aromatic nitrogens is 2. The first-order chi connectivity index (χ1) is 18.8. The lowest BCUT2D eigenvalue weighted by molar-refractivity contribution is 0.644. The molecule has 0 bridgehead atoms. The van der Waals surface area contributed by atoms with E-state index in [1.807, 2.05) is 18.3 Å². The van der Waals surface area contributed by atoms with Gasteiger partial charge in [-0.3, -0.25) is 9.98 Å². The monoisotopic (exact) mass is 494 g/mol. The molecule has 0 spiro atoms. The number of benzene rings is 2. The first-order valence-electron chi connectivity index (χ1n) is 13.1. The van der Waals surface area contributed by atoms with Crippen molar-refractivity contribution in [3.63, 3.8) is 0 Å². The quantitative estimate of drug-likeness (QED) is 0.440. The van der Waals surface area contributed by atoms with Crippen molar-refractivity contribution in [2.75, 3.05) is 10.2 Å². The van der Waals surface area contributed by atoms with E-state index in [1.165, 1.54) is 27.6 Å². The molecule has 0 fully saturated rings. The van der Waals surface area contributed by atoms with Gasteiger partial charge in [-0.1, -0.05) is 60.7 Å². The SMILES string of the molecule is NC(/C=C1/C=CC=CC1)n1c2c(c3ncccc31)NC1C(=C2)c2ccccc2N1C1C=c2ccccc2=N1. The summed E-state index contributed by atoms with van der Waals surface area (Å²) in [5, 5.41) is 6.08. The fourth-order valence-corrected chi connectivity index (χ4v) is 6.20. The third kappa shape index (κ3) is 3.10. The van der Waals surface area contributed by atoms with E-state index in [4.69, 9.17) is 15.7 Å². The van der Waals surface area contributed by atoms with E-state index in [1.54, 1.807) is 0 Å². The molecule has 184 valence electrons. The second kappa shape index (κ2) is 8.16. The van der Waals surface area contributed by atoms with Gasteiger partial charge in [-0.25, -0.2) is 0 Å². The average Bonchev–Trinajstić information content (AvgIpc) is 3.62. The Bertz CT molecular complexity index is 1840. The lowest BCUT2D eigenvalue weighted by Gasteiger charge is -2.34. The van der Waals surface area contributed by atoms with Crippen LogP contribution in [-0.4, -0.2) is 21.9 Å². The van der Waals surface area contributed by atoms with Crippen LogP contribution in [0, 0.1) is 0 Å². The lowest BCUT2D eigenvalue weighted by Crippen LogP contribution is -2.44. The van der Waals surface area contributed by atoms with Gasteiger partial charge >= 0.3 is 0 Å². The number of nitrogens with zero attached hydrogens (tertiary/aromatic N) is 4. The summed E-state index contributed by atoms with van der Waals surface area (Å²) in [5.41, 5.74) is 15.7. The van der Waals surface area contributed by atoms with Crippen LogP contribution in [0.4, 0.5) is 11.4 Å². The fraction of sp³-hybridized carbons (Fsp3) is 0.125. The summed E-state index contributed by atoms with van der Waals surface area (Å²) in [5.74, 6) is 0. The number of fused-ring (bicyclic) bond motifs is 7. The summed E-state index contributed by atoms with van der Waals surface area (Å²) < 4.78 is 2.21. The molecule has 38 heavy (non-hydrogen) atoms. The molecule has 3 N–H and O–H groups in total. The maximum absolute atomic E-state index is 6.88. The predicted molar refractivity (Wildman–Crippen MR) is 154 cm³/mol. The summed E-state index contributed by atoms with van der Waals surface area (Å²) >= 11 is 0. The standard InChI is InChI=1S/C32H26N6/c33-28(17-20-9-2-1-3-10-20)37-26-15-8-16-34-30(26)31-27(37)19-23-22-12-5-7-14-25(22)38(32(23)36-31)29-18-21-11-4-6-13-24(21)35-29/h1-9,11-19,28-29,32,36H,10,33H2/b20-17-. The van der Waals surface area contributed by atoms with E-state index in [9.17, 15) is 0 Å². The van der Waals surface area contributed by atoms with Crippen LogP contribution >= 0.6 is 0 Å². The minimum Gasteiger partial charge on any atom is -0.358 e. The number of anilines is 2. The lowest BCUT2D eigenvalue weighted by atomic mass is 10.0. The van der Waals surface area contributed by atoms with E-state index >= 15 is 0 Å². The Kier molecular flexibility index (Phi) is 4.60. The van der Waals surface area contributed by atoms with Crippen LogP contribution in [0.25, 0.3) is 28.8 Å². The number of rotatable bonds is 3. The van der Waals surface area contributed by atoms with E-state index in [0.717, 1.165) is 34.2 Å². The average molecular weight is 495 g/mol. The van der Waals surface area contributed by atoms with Gasteiger partial charge in [-0.05, 0) is 59.7 Å². The van der Waals surface area contributed by atoms with Crippen LogP contribution in [0.5, 0.6) is 0 Å². The fourth-order valence-electron chi connectivity index (χ4n) is 6.20. The van der Waals surface area contributed by atoms with Crippen molar-refractivity contribution >= 4 is 40.1 Å². The Morgan fingerprint density at radius 2 is 1.92 bits per heavy atom. The number of hydrogen-bond acceptors (Lipinski definition) is 5. The molecule has 3 unspecified atom stereocenters. The molecule has 4 aromatic rings. The number of para-hydroxylation sites is 2. The largest absolute Gasteiger partial charge is 0.358 e. The van der Waals surface area contributed by atoms with Gasteiger partial charge in [0.15, 0.2) is 0 Å². The molecule has 3 aliphatic heterocycles. The molecule has 0 saturated carbocycles. The summed E-state index contributed by atoms with van der Waals surface area (Å²) in [6, 6.07) is 21.0. The number of nitrogens with one attached hydrogen (secondary N) is 1. The molecule has 0 saturated heterocycles. The highest BCUT2D eigenvalue weighted by Crippen LogP contribution is 2.48. The van der Waals surface area contributed by atoms with Crippen molar-refractivity contribution in [3.05, 3.63) is 125 Å². The predicted octanol–water partition coefficient (Wildman–Crippen LogP) is 4.49. The number of hydrogen-bond donors (Lipinski definition) is 2. The summed E-state index contributed by atoms with van der Waals surface area (Å²) in [6.07, 6.45) is 17.4. The van der Waals surface area contributed by atoms with Crippen LogP contribution in [0.2, 0.25) is 0 Å². The van der Waals surface area contributed by atoms with Gasteiger partial charge in [-0.2, -0.15) is 0 Å². The Balaban J connectivity index is 1.30. The second-order valence-electron chi connectivity index (χ2n) is 10.1. The molecule has 6 nitrogen and oxygen atoms in total. The van der Waals surface area contributed by atoms with Gasteiger partial charge in [0.1, 0.15) is 24.0 Å². The first kappa shape index (κ1) is 21.4. The van der Waals surface area contributed by atoms with Gasteiger partial charge in [0.25, 0.3) is 0 Å². The normalized spacial score (nSPS) is 22.2. The zero-order valence-electron chi connectivity index (χ0n) is 20.7. The van der Waals surface area contributed by atoms with Crippen molar-refractivity contribution < 1.29 is 0 Å². The molecule has 2 aromatic carbocycles. The van der Waals surface area contributed by atoms with Crippen molar-refractivity contribution in [2.45, 2.75) is 24.9 Å². The Hall–Kier alpha value is -4.68. The highest BCUT2D eigenvalue weighted by molar-refractivity contribution is 6.06. The zero-order chi connectivity index (χ0) is 25.2. The van der Waals surface area contributed by atoms with Crippen LogP contribution in [0.3, 0.4) is 0 Å². The molecule has 6 heteroatoms. The Morgan fingerprint density at radius 3 is 2.82 bits per heavy atom. The Labute approximate surface area is 220 Å². The molecule has 8 rings (SSSR count). The third-order valence-electron chi connectivity index (χ3n) is 7.85. The summed E-state index contributed by atoms with van der Waals surface area (Å²) in [6.45, 7) is 0. The first-order valence-corrected chi connectivity index (χ1v) is 13.1. The van der Waals surface area contributed by atoms with Crippen molar-refractivity contribution in [2.24, 2.45) is 10.7 Å². The minimum absolute atomic E-state index is 0.0683. The van der Waals surface area contributed by atoms with E-state index in [-0.39, 0.29) is 18.5 Å². The number of nitrogens with two attached hydrogens (primary N) is 1. The van der Waals surface area contributed by atoms with Crippen molar-refractivity contribution in [3.8, 4) is 0 Å². The molecular weight excluding hydrogens is 468 g/mol. The second-order valence-corrected chi connectivity index (χ2v) is 10.1. The van der Waals surface area contributed by atoms with Crippen LogP contribution in [-0.2, 0) is 0 Å². The maximum atomic E-state index is 6.88. The molecule has 4 aliphatic rings. The van der Waals surface area contributed by atoms with E-state index in [2.05, 4.69) is 106 Å². The minimum atomic E-state index is -0.327. The van der Waals surface area contributed by atoms with Gasteiger partial charge in [-0.15, -0.1) is 0 Å². The summed E-state index contributed by atoms with van der Waals surface area (Å²) in [7, 11) is 0. The molecule has 0 radical (unpaired) electrons. The van der Waals surface area contributed by atoms with E-state index < -0.39 is 0 Å².